The van der Waals surface area contributed by atoms with Gasteiger partial charge in [-0.15, -0.1) is 11.3 Å². The zero-order valence-electron chi connectivity index (χ0n) is 8.62. The summed E-state index contributed by atoms with van der Waals surface area (Å²) < 4.78 is 52.9. The van der Waals surface area contributed by atoms with Gasteiger partial charge in [0.05, 0.1) is 11.6 Å². The van der Waals surface area contributed by atoms with Crippen LogP contribution in [-0.2, 0) is 0 Å². The predicted octanol–water partition coefficient (Wildman–Crippen LogP) is 3.35. The Balaban J connectivity index is 2.67. The molecule has 0 aliphatic carbocycles. The molecule has 92 valence electrons. The summed E-state index contributed by atoms with van der Waals surface area (Å²) in [6, 6.07) is 4.64. The van der Waals surface area contributed by atoms with Crippen LogP contribution >= 0.6 is 11.3 Å². The Bertz CT molecular complexity index is 593. The van der Waals surface area contributed by atoms with Crippen molar-refractivity contribution in [1.29, 1.82) is 5.26 Å². The SMILES string of the molecule is N#CC(c1cccs1)c1c(F)c(F)nc(F)c1F. The average molecular weight is 272 g/mol. The van der Waals surface area contributed by atoms with Crippen molar-refractivity contribution in [3.8, 4) is 6.07 Å². The van der Waals surface area contributed by atoms with Gasteiger partial charge in [-0.3, -0.25) is 0 Å². The summed E-state index contributed by atoms with van der Waals surface area (Å²) in [5, 5.41) is 10.5. The monoisotopic (exact) mass is 272 g/mol. The summed E-state index contributed by atoms with van der Waals surface area (Å²) in [5.41, 5.74) is -0.954. The summed E-state index contributed by atoms with van der Waals surface area (Å²) in [5.74, 6) is -8.22. The predicted molar refractivity (Wildman–Crippen MR) is 55.8 cm³/mol. The summed E-state index contributed by atoms with van der Waals surface area (Å²) in [7, 11) is 0. The van der Waals surface area contributed by atoms with Crippen LogP contribution in [0.2, 0.25) is 0 Å². The van der Waals surface area contributed by atoms with Gasteiger partial charge in [-0.25, -0.2) is 8.78 Å². The van der Waals surface area contributed by atoms with Crippen LogP contribution in [0.4, 0.5) is 17.6 Å². The number of halogens is 4. The fraction of sp³-hybridized carbons (Fsp3) is 0.0909. The van der Waals surface area contributed by atoms with Crippen molar-refractivity contribution in [3.63, 3.8) is 0 Å². The van der Waals surface area contributed by atoms with Crippen LogP contribution in [0.25, 0.3) is 0 Å². The fourth-order valence-electron chi connectivity index (χ4n) is 1.48. The second-order valence-electron chi connectivity index (χ2n) is 3.31. The van der Waals surface area contributed by atoms with E-state index in [1.165, 1.54) is 6.07 Å². The minimum absolute atomic E-state index is 0.292. The first-order chi connectivity index (χ1) is 8.56. The highest BCUT2D eigenvalue weighted by molar-refractivity contribution is 7.10. The van der Waals surface area contributed by atoms with E-state index in [1.807, 2.05) is 0 Å². The Labute approximate surface area is 103 Å². The molecule has 18 heavy (non-hydrogen) atoms. The van der Waals surface area contributed by atoms with Gasteiger partial charge in [0.15, 0.2) is 11.6 Å². The third-order valence-electron chi connectivity index (χ3n) is 2.28. The Morgan fingerprint density at radius 3 is 2.22 bits per heavy atom. The van der Waals surface area contributed by atoms with Crippen LogP contribution in [0.5, 0.6) is 0 Å². The molecule has 1 atom stereocenters. The Morgan fingerprint density at radius 2 is 1.78 bits per heavy atom. The van der Waals surface area contributed by atoms with Crippen molar-refractivity contribution in [1.82, 2.24) is 4.98 Å². The smallest absolute Gasteiger partial charge is 0.201 e. The second kappa shape index (κ2) is 4.74. The fourth-order valence-corrected chi connectivity index (χ4v) is 2.26. The summed E-state index contributed by atoms with van der Waals surface area (Å²) >= 11 is 1.06. The van der Waals surface area contributed by atoms with Crippen LogP contribution in [0.15, 0.2) is 17.5 Å². The first-order valence-corrected chi connectivity index (χ1v) is 5.57. The quantitative estimate of drug-likeness (QED) is 0.621. The Morgan fingerprint density at radius 1 is 1.17 bits per heavy atom. The normalized spacial score (nSPS) is 12.2. The highest BCUT2D eigenvalue weighted by Crippen LogP contribution is 2.32. The van der Waals surface area contributed by atoms with Gasteiger partial charge in [-0.1, -0.05) is 6.07 Å². The summed E-state index contributed by atoms with van der Waals surface area (Å²) in [6.45, 7) is 0. The number of pyridine rings is 1. The van der Waals surface area contributed by atoms with Crippen LogP contribution in [-0.4, -0.2) is 4.98 Å². The zero-order valence-corrected chi connectivity index (χ0v) is 9.44. The Kier molecular flexibility index (Phi) is 3.30. The number of nitriles is 1. The molecule has 0 radical (unpaired) electrons. The van der Waals surface area contributed by atoms with E-state index in [-0.39, 0.29) is 0 Å². The third kappa shape index (κ3) is 1.95. The van der Waals surface area contributed by atoms with Crippen molar-refractivity contribution in [2.75, 3.05) is 0 Å². The third-order valence-corrected chi connectivity index (χ3v) is 3.21. The second-order valence-corrected chi connectivity index (χ2v) is 4.29. The lowest BCUT2D eigenvalue weighted by Crippen LogP contribution is -2.10. The molecule has 1 unspecified atom stereocenters. The van der Waals surface area contributed by atoms with Crippen LogP contribution in [0.1, 0.15) is 16.4 Å². The average Bonchev–Trinajstić information content (AvgIpc) is 2.85. The molecule has 0 spiro atoms. The molecule has 0 N–H and O–H groups in total. The van der Waals surface area contributed by atoms with Crippen molar-refractivity contribution < 1.29 is 17.6 Å². The molecule has 0 aliphatic heterocycles. The van der Waals surface area contributed by atoms with Gasteiger partial charge < -0.3 is 0 Å². The molecule has 0 amide bonds. The standard InChI is InChI=1S/C11H4F4N2S/c12-8-7(9(13)11(15)17-10(8)14)5(4-16)6-2-1-3-18-6/h1-3,5H. The lowest BCUT2D eigenvalue weighted by atomic mass is 9.99. The van der Waals surface area contributed by atoms with Gasteiger partial charge >= 0.3 is 0 Å². The topological polar surface area (TPSA) is 36.7 Å². The number of thiophene rings is 1. The maximum Gasteiger partial charge on any atom is 0.252 e. The lowest BCUT2D eigenvalue weighted by Gasteiger charge is -2.10. The molecule has 2 nitrogen and oxygen atoms in total. The van der Waals surface area contributed by atoms with Crippen molar-refractivity contribution in [2.45, 2.75) is 5.92 Å². The maximum atomic E-state index is 13.5. The molecule has 0 aliphatic rings. The molecule has 2 heterocycles. The maximum absolute atomic E-state index is 13.5. The van der Waals surface area contributed by atoms with Crippen LogP contribution < -0.4 is 0 Å². The number of hydrogen-bond acceptors (Lipinski definition) is 3. The minimum atomic E-state index is -1.76. The van der Waals surface area contributed by atoms with E-state index in [9.17, 15) is 17.6 Å². The van der Waals surface area contributed by atoms with E-state index >= 15 is 0 Å². The van der Waals surface area contributed by atoms with Crippen LogP contribution in [0, 0.1) is 34.9 Å². The first-order valence-electron chi connectivity index (χ1n) is 4.69. The van der Waals surface area contributed by atoms with E-state index in [0.29, 0.717) is 4.88 Å². The Hall–Kier alpha value is -1.94. The number of hydrogen-bond donors (Lipinski definition) is 0. The minimum Gasteiger partial charge on any atom is -0.201 e. The van der Waals surface area contributed by atoms with Gasteiger partial charge in [0.2, 0.25) is 0 Å². The van der Waals surface area contributed by atoms with E-state index < -0.39 is 35.0 Å². The van der Waals surface area contributed by atoms with Crippen LogP contribution in [0.3, 0.4) is 0 Å². The van der Waals surface area contributed by atoms with Crippen molar-refractivity contribution in [2.24, 2.45) is 0 Å². The molecular weight excluding hydrogens is 268 g/mol. The van der Waals surface area contributed by atoms with Crippen molar-refractivity contribution in [3.05, 3.63) is 51.5 Å². The molecule has 0 saturated heterocycles. The van der Waals surface area contributed by atoms with E-state index in [4.69, 9.17) is 5.26 Å². The number of nitrogens with zero attached hydrogens (tertiary/aromatic N) is 2. The molecule has 2 rings (SSSR count). The number of rotatable bonds is 2. The molecule has 0 aromatic carbocycles. The molecule has 2 aromatic rings. The van der Waals surface area contributed by atoms with Crippen molar-refractivity contribution >= 4 is 11.3 Å². The highest BCUT2D eigenvalue weighted by atomic mass is 32.1. The van der Waals surface area contributed by atoms with Gasteiger partial charge in [0.1, 0.15) is 5.92 Å². The largest absolute Gasteiger partial charge is 0.252 e. The molecule has 0 fully saturated rings. The van der Waals surface area contributed by atoms with Gasteiger partial charge in [-0.2, -0.15) is 19.0 Å². The van der Waals surface area contributed by atoms with E-state index in [0.717, 1.165) is 11.3 Å². The van der Waals surface area contributed by atoms with Gasteiger partial charge in [0.25, 0.3) is 11.9 Å². The summed E-state index contributed by atoms with van der Waals surface area (Å²) in [6.07, 6.45) is 0. The first kappa shape index (κ1) is 12.5. The molecule has 2 aromatic heterocycles. The number of aromatic nitrogens is 1. The van der Waals surface area contributed by atoms with E-state index in [1.54, 1.807) is 17.5 Å². The lowest BCUT2D eigenvalue weighted by molar-refractivity contribution is 0.395. The molecular formula is C11H4F4N2S. The van der Waals surface area contributed by atoms with E-state index in [2.05, 4.69) is 4.98 Å². The molecule has 0 bridgehead atoms. The molecule has 0 saturated carbocycles. The van der Waals surface area contributed by atoms with Gasteiger partial charge in [-0.05, 0) is 11.4 Å². The van der Waals surface area contributed by atoms with Gasteiger partial charge in [0, 0.05) is 4.88 Å². The zero-order chi connectivity index (χ0) is 13.3. The molecule has 7 heteroatoms. The summed E-state index contributed by atoms with van der Waals surface area (Å²) in [4.78, 5) is 2.73. The highest BCUT2D eigenvalue weighted by Gasteiger charge is 2.28.